The normalized spacial score (nSPS) is 10.5. The highest BCUT2D eigenvalue weighted by Gasteiger charge is 1.95. The predicted octanol–water partition coefficient (Wildman–Crippen LogP) is 2.74. The van der Waals surface area contributed by atoms with E-state index in [2.05, 4.69) is 46.2 Å². The molecule has 0 amide bonds. The molecule has 0 unspecified atom stereocenters. The van der Waals surface area contributed by atoms with Gasteiger partial charge in [0.05, 0.1) is 5.69 Å². The van der Waals surface area contributed by atoms with Crippen LogP contribution in [0.2, 0.25) is 0 Å². The maximum Gasteiger partial charge on any atom is 0.0541 e. The van der Waals surface area contributed by atoms with Crippen molar-refractivity contribution < 1.29 is 0 Å². The minimum absolute atomic E-state index is 0.829. The zero-order valence-electron chi connectivity index (χ0n) is 8.73. The Kier molecular flexibility index (Phi) is 3.48. The number of thiophene rings is 1. The summed E-state index contributed by atoms with van der Waals surface area (Å²) < 4.78 is 0. The van der Waals surface area contributed by atoms with Gasteiger partial charge in [0.15, 0.2) is 0 Å². The highest BCUT2D eigenvalue weighted by Crippen LogP contribution is 2.05. The van der Waals surface area contributed by atoms with E-state index in [1.807, 2.05) is 6.20 Å². The van der Waals surface area contributed by atoms with Crippen LogP contribution >= 0.6 is 11.3 Å². The first kappa shape index (κ1) is 10.3. The topological polar surface area (TPSA) is 24.9 Å². The molecule has 0 aliphatic rings. The van der Waals surface area contributed by atoms with Crippen molar-refractivity contribution in [2.45, 2.75) is 20.0 Å². The van der Waals surface area contributed by atoms with E-state index in [1.165, 1.54) is 11.1 Å². The predicted molar refractivity (Wildman–Crippen MR) is 63.8 cm³/mol. The van der Waals surface area contributed by atoms with E-state index in [9.17, 15) is 0 Å². The largest absolute Gasteiger partial charge is 0.307 e. The fraction of sp³-hybridized carbons (Fsp3) is 0.250. The van der Waals surface area contributed by atoms with Gasteiger partial charge in [-0.25, -0.2) is 0 Å². The van der Waals surface area contributed by atoms with Crippen molar-refractivity contribution >= 4 is 11.3 Å². The van der Waals surface area contributed by atoms with Gasteiger partial charge in [-0.3, -0.25) is 4.98 Å². The maximum atomic E-state index is 4.34. The number of aryl methyl sites for hydroxylation is 1. The highest BCUT2D eigenvalue weighted by molar-refractivity contribution is 7.07. The van der Waals surface area contributed by atoms with Crippen LogP contribution in [-0.2, 0) is 13.1 Å². The van der Waals surface area contributed by atoms with Crippen LogP contribution < -0.4 is 5.32 Å². The summed E-state index contributed by atoms with van der Waals surface area (Å²) in [5.41, 5.74) is 3.64. The lowest BCUT2D eigenvalue weighted by atomic mass is 10.2. The number of hydrogen-bond acceptors (Lipinski definition) is 3. The van der Waals surface area contributed by atoms with Gasteiger partial charge >= 0.3 is 0 Å². The molecule has 1 N–H and O–H groups in total. The number of nitrogens with one attached hydrogen (secondary N) is 1. The molecule has 0 aromatic carbocycles. The molecule has 0 saturated heterocycles. The molecule has 0 fully saturated rings. The molecule has 2 heterocycles. The molecule has 78 valence electrons. The molecule has 0 spiro atoms. The lowest BCUT2D eigenvalue weighted by molar-refractivity contribution is 0.681. The van der Waals surface area contributed by atoms with Gasteiger partial charge in [-0.1, -0.05) is 6.07 Å². The zero-order valence-corrected chi connectivity index (χ0v) is 9.55. The van der Waals surface area contributed by atoms with Crippen molar-refractivity contribution in [2.24, 2.45) is 0 Å². The number of nitrogens with zero attached hydrogens (tertiary/aromatic N) is 1. The average molecular weight is 218 g/mol. The van der Waals surface area contributed by atoms with Crippen LogP contribution in [0, 0.1) is 6.92 Å². The molecule has 2 aromatic rings. The first-order chi connectivity index (χ1) is 7.34. The first-order valence-electron chi connectivity index (χ1n) is 4.98. The molecular formula is C12H14N2S. The van der Waals surface area contributed by atoms with Crippen LogP contribution in [-0.4, -0.2) is 4.98 Å². The van der Waals surface area contributed by atoms with Crippen LogP contribution in [0.4, 0.5) is 0 Å². The SMILES string of the molecule is Cc1ccc(CNCc2ccsc2)nc1. The van der Waals surface area contributed by atoms with Gasteiger partial charge < -0.3 is 5.32 Å². The van der Waals surface area contributed by atoms with Crippen LogP contribution in [0.1, 0.15) is 16.8 Å². The smallest absolute Gasteiger partial charge is 0.0541 e. The Labute approximate surface area is 94.0 Å². The number of hydrogen-bond donors (Lipinski definition) is 1. The molecule has 0 aliphatic carbocycles. The maximum absolute atomic E-state index is 4.34. The van der Waals surface area contributed by atoms with E-state index < -0.39 is 0 Å². The van der Waals surface area contributed by atoms with Gasteiger partial charge in [0.25, 0.3) is 0 Å². The number of aromatic nitrogens is 1. The van der Waals surface area contributed by atoms with Crippen LogP contribution in [0.3, 0.4) is 0 Å². The molecular weight excluding hydrogens is 204 g/mol. The third-order valence-electron chi connectivity index (χ3n) is 2.19. The summed E-state index contributed by atoms with van der Waals surface area (Å²) in [6.07, 6.45) is 1.90. The fourth-order valence-corrected chi connectivity index (χ4v) is 2.00. The summed E-state index contributed by atoms with van der Waals surface area (Å²) in [6.45, 7) is 3.80. The lowest BCUT2D eigenvalue weighted by Crippen LogP contribution is -2.13. The second-order valence-corrected chi connectivity index (χ2v) is 4.34. The minimum Gasteiger partial charge on any atom is -0.307 e. The number of pyridine rings is 1. The molecule has 0 radical (unpaired) electrons. The zero-order chi connectivity index (χ0) is 10.5. The van der Waals surface area contributed by atoms with E-state index in [-0.39, 0.29) is 0 Å². The van der Waals surface area contributed by atoms with Gasteiger partial charge in [0.1, 0.15) is 0 Å². The summed E-state index contributed by atoms with van der Waals surface area (Å²) in [7, 11) is 0. The van der Waals surface area contributed by atoms with E-state index >= 15 is 0 Å². The molecule has 0 saturated carbocycles. The molecule has 2 rings (SSSR count). The highest BCUT2D eigenvalue weighted by atomic mass is 32.1. The molecule has 3 heteroatoms. The summed E-state index contributed by atoms with van der Waals surface area (Å²) in [5.74, 6) is 0. The van der Waals surface area contributed by atoms with E-state index in [0.29, 0.717) is 0 Å². The van der Waals surface area contributed by atoms with E-state index in [1.54, 1.807) is 11.3 Å². The van der Waals surface area contributed by atoms with Crippen molar-refractivity contribution in [2.75, 3.05) is 0 Å². The van der Waals surface area contributed by atoms with Crippen LogP contribution in [0.15, 0.2) is 35.2 Å². The number of rotatable bonds is 4. The molecule has 0 aliphatic heterocycles. The van der Waals surface area contributed by atoms with Crippen LogP contribution in [0.25, 0.3) is 0 Å². The third-order valence-corrected chi connectivity index (χ3v) is 2.92. The molecule has 15 heavy (non-hydrogen) atoms. The lowest BCUT2D eigenvalue weighted by Gasteiger charge is -2.02. The Morgan fingerprint density at radius 3 is 2.87 bits per heavy atom. The minimum atomic E-state index is 0.829. The van der Waals surface area contributed by atoms with Gasteiger partial charge in [0.2, 0.25) is 0 Å². The molecule has 2 nitrogen and oxygen atoms in total. The summed E-state index contributed by atoms with van der Waals surface area (Å²) >= 11 is 1.73. The average Bonchev–Trinajstić information content (AvgIpc) is 2.74. The quantitative estimate of drug-likeness (QED) is 0.853. The Morgan fingerprint density at radius 1 is 1.27 bits per heavy atom. The molecule has 0 atom stereocenters. The second kappa shape index (κ2) is 5.05. The van der Waals surface area contributed by atoms with Gasteiger partial charge in [-0.05, 0) is 40.9 Å². The van der Waals surface area contributed by atoms with Crippen molar-refractivity contribution in [1.29, 1.82) is 0 Å². The van der Waals surface area contributed by atoms with Crippen molar-refractivity contribution in [3.8, 4) is 0 Å². The fourth-order valence-electron chi connectivity index (χ4n) is 1.33. The monoisotopic (exact) mass is 218 g/mol. The van der Waals surface area contributed by atoms with Crippen molar-refractivity contribution in [1.82, 2.24) is 10.3 Å². The van der Waals surface area contributed by atoms with Gasteiger partial charge in [-0.15, -0.1) is 0 Å². The third kappa shape index (κ3) is 3.15. The Hall–Kier alpha value is -1.19. The molecule has 0 bridgehead atoms. The summed E-state index contributed by atoms with van der Waals surface area (Å²) in [5, 5.41) is 7.63. The van der Waals surface area contributed by atoms with E-state index in [0.717, 1.165) is 18.8 Å². The van der Waals surface area contributed by atoms with Gasteiger partial charge in [0, 0.05) is 19.3 Å². The van der Waals surface area contributed by atoms with E-state index in [4.69, 9.17) is 0 Å². The Bertz CT molecular complexity index is 392. The summed E-state index contributed by atoms with van der Waals surface area (Å²) in [6, 6.07) is 6.30. The molecule has 2 aromatic heterocycles. The van der Waals surface area contributed by atoms with Gasteiger partial charge in [-0.2, -0.15) is 11.3 Å². The Balaban J connectivity index is 1.81. The van der Waals surface area contributed by atoms with Crippen molar-refractivity contribution in [3.63, 3.8) is 0 Å². The first-order valence-corrected chi connectivity index (χ1v) is 5.92. The summed E-state index contributed by atoms with van der Waals surface area (Å²) in [4.78, 5) is 4.34. The van der Waals surface area contributed by atoms with Crippen molar-refractivity contribution in [3.05, 3.63) is 52.0 Å². The van der Waals surface area contributed by atoms with Crippen LogP contribution in [0.5, 0.6) is 0 Å². The standard InChI is InChI=1S/C12H14N2S/c1-10-2-3-12(14-6-10)8-13-7-11-4-5-15-9-11/h2-6,9,13H,7-8H2,1H3. The second-order valence-electron chi connectivity index (χ2n) is 3.56. The Morgan fingerprint density at radius 2 is 2.20 bits per heavy atom.